The third-order valence-electron chi connectivity index (χ3n) is 11.8. The molecule has 254 valence electrons. The number of nitrogens with zero attached hydrogens (tertiary/aromatic N) is 2. The van der Waals surface area contributed by atoms with Gasteiger partial charge in [-0.05, 0) is 104 Å². The first-order valence-electron chi connectivity index (χ1n) is 16.6. The molecule has 0 bridgehead atoms. The molecule has 6 rings (SSSR count). The number of benzene rings is 1. The molecule has 1 aromatic carbocycles. The summed E-state index contributed by atoms with van der Waals surface area (Å²) in [4.78, 5) is 39.2. The van der Waals surface area contributed by atoms with Crippen LogP contribution in [0.2, 0.25) is 0 Å². The molecule has 0 amide bonds. The van der Waals surface area contributed by atoms with Crippen molar-refractivity contribution in [1.29, 1.82) is 0 Å². The first-order valence-corrected chi connectivity index (χ1v) is 17.5. The number of alkyl halides is 1. The molecule has 1 N–H and O–H groups in total. The Hall–Kier alpha value is -2.86. The van der Waals surface area contributed by atoms with Gasteiger partial charge in [0.1, 0.15) is 12.6 Å². The van der Waals surface area contributed by atoms with E-state index in [1.54, 1.807) is 7.11 Å². The normalized spacial score (nSPS) is 32.4. The predicted molar refractivity (Wildman–Crippen MR) is 176 cm³/mol. The number of ether oxygens (including phenoxy) is 3. The summed E-state index contributed by atoms with van der Waals surface area (Å²) in [5.41, 5.74) is 2.12. The van der Waals surface area contributed by atoms with E-state index in [0.29, 0.717) is 56.0 Å². The van der Waals surface area contributed by atoms with Gasteiger partial charge < -0.3 is 19.3 Å². The molecule has 4 aliphatic carbocycles. The molecule has 11 heteroatoms. The van der Waals surface area contributed by atoms with Crippen LogP contribution < -0.4 is 0 Å². The molecule has 1 heterocycles. The van der Waals surface area contributed by atoms with Gasteiger partial charge in [-0.25, -0.2) is 13.9 Å². The second kappa shape index (κ2) is 13.2. The molecule has 3 saturated carbocycles. The van der Waals surface area contributed by atoms with Gasteiger partial charge in [0.25, 0.3) is 0 Å². The average molecular weight is 669 g/mol. The van der Waals surface area contributed by atoms with Crippen molar-refractivity contribution in [2.75, 3.05) is 33.4 Å². The number of aliphatic hydroxyl groups is 1. The lowest BCUT2D eigenvalue weighted by atomic mass is 9.45. The Balaban J connectivity index is 1.29. The molecule has 47 heavy (non-hydrogen) atoms. The summed E-state index contributed by atoms with van der Waals surface area (Å²) < 4.78 is 31.5. The number of carbonyl (C=O) groups is 3. The molecule has 4 aliphatic rings. The van der Waals surface area contributed by atoms with Gasteiger partial charge in [-0.1, -0.05) is 31.6 Å². The van der Waals surface area contributed by atoms with E-state index in [9.17, 15) is 23.9 Å². The molecule has 0 radical (unpaired) electrons. The first kappa shape index (κ1) is 34.0. The molecule has 0 spiro atoms. The topological polar surface area (TPSA) is 117 Å². The number of halogens is 1. The number of aromatic nitrogens is 2. The number of hydrogen-bond donors (Lipinski definition) is 1. The molecule has 9 nitrogen and oxygen atoms in total. The van der Waals surface area contributed by atoms with Crippen molar-refractivity contribution >= 4 is 34.7 Å². The van der Waals surface area contributed by atoms with Crippen LogP contribution >= 0.6 is 11.8 Å². The van der Waals surface area contributed by atoms with Gasteiger partial charge >= 0.3 is 5.97 Å². The highest BCUT2D eigenvalue weighted by molar-refractivity contribution is 8.13. The Labute approximate surface area is 279 Å². The van der Waals surface area contributed by atoms with Gasteiger partial charge in [-0.3, -0.25) is 9.59 Å². The standard InChI is InChI=1S/C36H45FN2O7S/c1-34-17-23-19-38-39(25-8-5-7-22(15-25)29(40)9-6-14-44-3)28(23)16-24(34)10-11-26-27-12-13-36(33(43)47-21-37,46-31(42)20-45-4)35(27,2)18-30(41)32(26)34/h5,7-8,15-16,19,26-27,30,32,41H,6,9-14,17-18,20-21H2,1-4H3/t26-,27-,30-,32+,34-,35-,36-/m0/s1. The van der Waals surface area contributed by atoms with Crippen LogP contribution in [0.1, 0.15) is 80.4 Å². The van der Waals surface area contributed by atoms with E-state index in [4.69, 9.17) is 19.3 Å². The average Bonchev–Trinajstić information content (AvgIpc) is 3.57. The first-order chi connectivity index (χ1) is 22.5. The molecular weight excluding hydrogens is 623 g/mol. The fraction of sp³-hybridized carbons (Fsp3) is 0.611. The van der Waals surface area contributed by atoms with Crippen molar-refractivity contribution in [3.05, 3.63) is 52.9 Å². The molecule has 0 aliphatic heterocycles. The van der Waals surface area contributed by atoms with Gasteiger partial charge in [0.05, 0.1) is 23.7 Å². The van der Waals surface area contributed by atoms with Crippen LogP contribution in [-0.2, 0) is 30.2 Å². The number of esters is 1. The Kier molecular flexibility index (Phi) is 9.56. The molecule has 0 unspecified atom stereocenters. The third kappa shape index (κ3) is 5.60. The lowest BCUT2D eigenvalue weighted by Crippen LogP contribution is -2.62. The monoisotopic (exact) mass is 668 g/mol. The smallest absolute Gasteiger partial charge is 0.333 e. The van der Waals surface area contributed by atoms with E-state index in [0.717, 1.165) is 29.8 Å². The number of aliphatic hydroxyl groups excluding tert-OH is 1. The molecule has 7 atom stereocenters. The predicted octanol–water partition coefficient (Wildman–Crippen LogP) is 5.75. The number of allylic oxidation sites excluding steroid dienone is 1. The minimum absolute atomic E-state index is 0.0158. The van der Waals surface area contributed by atoms with E-state index in [1.807, 2.05) is 42.1 Å². The minimum atomic E-state index is -1.52. The largest absolute Gasteiger partial charge is 0.448 e. The van der Waals surface area contributed by atoms with Crippen molar-refractivity contribution < 1.29 is 38.1 Å². The number of carbonyl (C=O) groups excluding carboxylic acids is 3. The van der Waals surface area contributed by atoms with Crippen LogP contribution in [0.5, 0.6) is 0 Å². The summed E-state index contributed by atoms with van der Waals surface area (Å²) in [7, 11) is 3.02. The maximum absolute atomic E-state index is 13.6. The number of methoxy groups -OCH3 is 2. The summed E-state index contributed by atoms with van der Waals surface area (Å²) in [6.45, 7) is 4.43. The lowest BCUT2D eigenvalue weighted by Gasteiger charge is -2.60. The zero-order valence-electron chi connectivity index (χ0n) is 27.6. The summed E-state index contributed by atoms with van der Waals surface area (Å²) >= 11 is 0.542. The van der Waals surface area contributed by atoms with Gasteiger partial charge in [-0.15, -0.1) is 0 Å². The Morgan fingerprint density at radius 3 is 2.72 bits per heavy atom. The van der Waals surface area contributed by atoms with E-state index in [2.05, 4.69) is 13.0 Å². The van der Waals surface area contributed by atoms with E-state index >= 15 is 0 Å². The Morgan fingerprint density at radius 2 is 1.98 bits per heavy atom. The Morgan fingerprint density at radius 1 is 1.17 bits per heavy atom. The van der Waals surface area contributed by atoms with Gasteiger partial charge in [0, 0.05) is 38.2 Å². The number of rotatable bonds is 11. The van der Waals surface area contributed by atoms with Crippen molar-refractivity contribution in [2.45, 2.75) is 76.9 Å². The summed E-state index contributed by atoms with van der Waals surface area (Å²) in [5, 5.41) is 16.3. The van der Waals surface area contributed by atoms with Crippen molar-refractivity contribution in [1.82, 2.24) is 9.78 Å². The zero-order valence-corrected chi connectivity index (χ0v) is 28.4. The molecule has 1 aromatic heterocycles. The molecule has 3 fully saturated rings. The van der Waals surface area contributed by atoms with Crippen molar-refractivity contribution in [3.8, 4) is 5.69 Å². The number of fused-ring (bicyclic) bond motifs is 6. The SMILES string of the molecule is COCCCC(=O)c1cccc(-n2ncc3c2C=C2CC[C@@H]4[C@H]([C@@H](O)C[C@@]5(C)[C@H]4CC[C@]5(OC(=O)COC)C(=O)SCF)[C@@]2(C)C3)c1. The fourth-order valence-corrected chi connectivity index (χ4v) is 10.5. The number of ketones is 1. The third-order valence-corrected chi connectivity index (χ3v) is 12.5. The number of thioether (sulfide) groups is 1. The molecular formula is C36H45FN2O7S. The highest BCUT2D eigenvalue weighted by atomic mass is 32.2. The van der Waals surface area contributed by atoms with E-state index in [-0.39, 0.29) is 42.0 Å². The van der Waals surface area contributed by atoms with Crippen LogP contribution in [0.15, 0.2) is 36.0 Å². The number of hydrogen-bond acceptors (Lipinski definition) is 9. The van der Waals surface area contributed by atoms with Crippen molar-refractivity contribution in [2.24, 2.45) is 28.6 Å². The van der Waals surface area contributed by atoms with Crippen LogP contribution in [0.4, 0.5) is 4.39 Å². The Bertz CT molecular complexity index is 1580. The quantitative estimate of drug-likeness (QED) is 0.182. The minimum Gasteiger partial charge on any atom is -0.448 e. The maximum Gasteiger partial charge on any atom is 0.333 e. The van der Waals surface area contributed by atoms with Gasteiger partial charge in [-0.2, -0.15) is 5.10 Å². The van der Waals surface area contributed by atoms with Crippen LogP contribution in [0.25, 0.3) is 11.8 Å². The summed E-state index contributed by atoms with van der Waals surface area (Å²) in [5.74, 6) is -0.546. The van der Waals surface area contributed by atoms with Gasteiger partial charge in [0.2, 0.25) is 5.12 Å². The highest BCUT2D eigenvalue weighted by Crippen LogP contribution is 2.68. The van der Waals surface area contributed by atoms with E-state index < -0.39 is 34.2 Å². The summed E-state index contributed by atoms with van der Waals surface area (Å²) in [6.07, 6.45) is 8.03. The zero-order chi connectivity index (χ0) is 33.6. The number of Topliss-reactive ketones (excluding diaryl/α,β-unsaturated/α-hetero) is 1. The van der Waals surface area contributed by atoms with Crippen LogP contribution in [0, 0.1) is 28.6 Å². The fourth-order valence-electron chi connectivity index (χ4n) is 9.76. The van der Waals surface area contributed by atoms with E-state index in [1.165, 1.54) is 12.7 Å². The van der Waals surface area contributed by atoms with Crippen LogP contribution in [-0.4, -0.2) is 76.9 Å². The second-order valence-corrected chi connectivity index (χ2v) is 15.0. The second-order valence-electron chi connectivity index (χ2n) is 14.1. The maximum atomic E-state index is 13.6. The van der Waals surface area contributed by atoms with Crippen LogP contribution in [0.3, 0.4) is 0 Å². The summed E-state index contributed by atoms with van der Waals surface area (Å²) in [6, 6.07) is 6.67. The van der Waals surface area contributed by atoms with Crippen molar-refractivity contribution in [3.63, 3.8) is 0 Å². The highest BCUT2D eigenvalue weighted by Gasteiger charge is 2.70. The van der Waals surface area contributed by atoms with Gasteiger partial charge in [0.15, 0.2) is 11.4 Å². The lowest BCUT2D eigenvalue weighted by molar-refractivity contribution is -0.198. The molecule has 0 saturated heterocycles. The molecule has 2 aromatic rings.